The molecule has 2 aliphatic rings. The average Bonchev–Trinajstić information content (AvgIpc) is 2.63. The molecule has 1 spiro atoms. The molecule has 2 saturated heterocycles. The fraction of sp³-hybridized carbons (Fsp3) is 0.650. The second-order valence-electron chi connectivity index (χ2n) is 7.45. The molecule has 132 valence electrons. The summed E-state index contributed by atoms with van der Waals surface area (Å²) in [5.74, 6) is 0.747. The van der Waals surface area contributed by atoms with Gasteiger partial charge < -0.3 is 14.5 Å². The lowest BCUT2D eigenvalue weighted by Crippen LogP contribution is -2.52. The van der Waals surface area contributed by atoms with Crippen LogP contribution in [0.25, 0.3) is 0 Å². The lowest BCUT2D eigenvalue weighted by atomic mass is 9.68. The summed E-state index contributed by atoms with van der Waals surface area (Å²) in [5, 5.41) is 0. The van der Waals surface area contributed by atoms with Gasteiger partial charge in [0, 0.05) is 33.3 Å². The highest BCUT2D eigenvalue weighted by atomic mass is 16.5. The monoisotopic (exact) mass is 330 g/mol. The van der Waals surface area contributed by atoms with Gasteiger partial charge >= 0.3 is 0 Å². The van der Waals surface area contributed by atoms with E-state index in [1.807, 2.05) is 4.90 Å². The molecule has 2 fully saturated rings. The van der Waals surface area contributed by atoms with E-state index < -0.39 is 0 Å². The molecule has 0 N–H and O–H groups in total. The van der Waals surface area contributed by atoms with Gasteiger partial charge in [-0.15, -0.1) is 0 Å². The van der Waals surface area contributed by atoms with Gasteiger partial charge in [-0.25, -0.2) is 0 Å². The van der Waals surface area contributed by atoms with Gasteiger partial charge in [0.1, 0.15) is 6.61 Å². The van der Waals surface area contributed by atoms with Crippen LogP contribution in [0.5, 0.6) is 0 Å². The molecule has 0 saturated carbocycles. The summed E-state index contributed by atoms with van der Waals surface area (Å²) in [5.41, 5.74) is 1.83. The van der Waals surface area contributed by atoms with Gasteiger partial charge in [-0.3, -0.25) is 4.79 Å². The number of benzene rings is 1. The van der Waals surface area contributed by atoms with Crippen molar-refractivity contribution in [1.82, 2.24) is 9.80 Å². The summed E-state index contributed by atoms with van der Waals surface area (Å²) in [7, 11) is 1.59. The minimum Gasteiger partial charge on any atom is -0.375 e. The largest absolute Gasteiger partial charge is 0.375 e. The Balaban J connectivity index is 1.69. The molecule has 1 amide bonds. The Hall–Kier alpha value is -1.39. The molecule has 0 unspecified atom stereocenters. The Labute approximate surface area is 145 Å². The van der Waals surface area contributed by atoms with Crippen molar-refractivity contribution in [2.75, 3.05) is 46.4 Å². The number of nitrogens with zero attached hydrogens (tertiary/aromatic N) is 2. The van der Waals surface area contributed by atoms with Gasteiger partial charge in [-0.05, 0) is 42.7 Å². The van der Waals surface area contributed by atoms with Crippen molar-refractivity contribution in [3.8, 4) is 0 Å². The van der Waals surface area contributed by atoms with Crippen molar-refractivity contribution >= 4 is 5.91 Å². The Morgan fingerprint density at radius 2 is 1.96 bits per heavy atom. The SMILES string of the molecule is CCN1C[C@H](c2ccccc2)CC2(CCN(C(=O)COC)CC2)C1. The van der Waals surface area contributed by atoms with Gasteiger partial charge in [0.15, 0.2) is 0 Å². The van der Waals surface area contributed by atoms with E-state index in [0.717, 1.165) is 39.0 Å². The van der Waals surface area contributed by atoms with Crippen LogP contribution < -0.4 is 0 Å². The van der Waals surface area contributed by atoms with Gasteiger partial charge in [0.25, 0.3) is 0 Å². The fourth-order valence-corrected chi connectivity index (χ4v) is 4.50. The normalized spacial score (nSPS) is 24.2. The highest BCUT2D eigenvalue weighted by Gasteiger charge is 2.42. The zero-order chi connectivity index (χ0) is 17.0. The van der Waals surface area contributed by atoms with Crippen molar-refractivity contribution < 1.29 is 9.53 Å². The Kier molecular flexibility index (Phi) is 5.57. The first-order valence-electron chi connectivity index (χ1n) is 9.20. The smallest absolute Gasteiger partial charge is 0.248 e. The molecule has 0 aromatic heterocycles. The van der Waals surface area contributed by atoms with Gasteiger partial charge in [-0.1, -0.05) is 37.3 Å². The molecular weight excluding hydrogens is 300 g/mol. The molecule has 0 aliphatic carbocycles. The Morgan fingerprint density at radius 1 is 1.25 bits per heavy atom. The molecule has 1 aromatic rings. The molecule has 0 bridgehead atoms. The molecule has 24 heavy (non-hydrogen) atoms. The Morgan fingerprint density at radius 3 is 2.58 bits per heavy atom. The fourth-order valence-electron chi connectivity index (χ4n) is 4.50. The number of piperidine rings is 2. The van der Waals surface area contributed by atoms with Crippen LogP contribution in [-0.4, -0.2) is 62.1 Å². The first-order chi connectivity index (χ1) is 11.7. The van der Waals surface area contributed by atoms with Crippen molar-refractivity contribution in [3.05, 3.63) is 35.9 Å². The third-order valence-electron chi connectivity index (χ3n) is 5.88. The van der Waals surface area contributed by atoms with Crippen LogP contribution in [0.3, 0.4) is 0 Å². The topological polar surface area (TPSA) is 32.8 Å². The predicted molar refractivity (Wildman–Crippen MR) is 96.0 cm³/mol. The molecule has 4 heteroatoms. The molecule has 1 aromatic carbocycles. The van der Waals surface area contributed by atoms with Crippen LogP contribution in [0, 0.1) is 5.41 Å². The van der Waals surface area contributed by atoms with Gasteiger partial charge in [0.2, 0.25) is 5.91 Å². The molecule has 2 aliphatic heterocycles. The maximum Gasteiger partial charge on any atom is 0.248 e. The minimum absolute atomic E-state index is 0.134. The summed E-state index contributed by atoms with van der Waals surface area (Å²) in [6.45, 7) is 7.67. The zero-order valence-corrected chi connectivity index (χ0v) is 15.0. The maximum absolute atomic E-state index is 12.1. The van der Waals surface area contributed by atoms with E-state index in [1.54, 1.807) is 7.11 Å². The van der Waals surface area contributed by atoms with Crippen LogP contribution in [-0.2, 0) is 9.53 Å². The number of carbonyl (C=O) groups is 1. The Bertz CT molecular complexity index is 538. The lowest BCUT2D eigenvalue weighted by Gasteiger charge is -2.50. The highest BCUT2D eigenvalue weighted by Crippen LogP contribution is 2.44. The number of hydrogen-bond donors (Lipinski definition) is 0. The van der Waals surface area contributed by atoms with Crippen LogP contribution in [0.2, 0.25) is 0 Å². The van der Waals surface area contributed by atoms with Crippen molar-refractivity contribution in [2.24, 2.45) is 5.41 Å². The number of ether oxygens (including phenoxy) is 1. The van der Waals surface area contributed by atoms with E-state index in [9.17, 15) is 4.79 Å². The van der Waals surface area contributed by atoms with E-state index in [2.05, 4.69) is 42.2 Å². The lowest BCUT2D eigenvalue weighted by molar-refractivity contribution is -0.138. The average molecular weight is 330 g/mol. The first-order valence-corrected chi connectivity index (χ1v) is 9.20. The summed E-state index contributed by atoms with van der Waals surface area (Å²) in [6.07, 6.45) is 3.48. The van der Waals surface area contributed by atoms with E-state index >= 15 is 0 Å². The number of rotatable bonds is 4. The van der Waals surface area contributed by atoms with Crippen LogP contribution in [0.15, 0.2) is 30.3 Å². The molecule has 1 atom stereocenters. The standard InChI is InChI=1S/C20H30N2O2/c1-3-21-14-18(17-7-5-4-6-8-17)13-20(16-21)9-11-22(12-10-20)19(23)15-24-2/h4-8,18H,3,9-16H2,1-2H3/t18-/m1/s1. The molecular formula is C20H30N2O2. The first kappa shape index (κ1) is 17.4. The number of hydrogen-bond acceptors (Lipinski definition) is 3. The van der Waals surface area contributed by atoms with Gasteiger partial charge in [-0.2, -0.15) is 0 Å². The van der Waals surface area contributed by atoms with Gasteiger partial charge in [0.05, 0.1) is 0 Å². The van der Waals surface area contributed by atoms with Crippen LogP contribution in [0.1, 0.15) is 37.7 Å². The summed E-state index contributed by atoms with van der Waals surface area (Å²) < 4.78 is 5.00. The van der Waals surface area contributed by atoms with Crippen molar-refractivity contribution in [3.63, 3.8) is 0 Å². The summed E-state index contributed by atoms with van der Waals surface area (Å²) in [4.78, 5) is 16.7. The summed E-state index contributed by atoms with van der Waals surface area (Å²) in [6, 6.07) is 10.9. The summed E-state index contributed by atoms with van der Waals surface area (Å²) >= 11 is 0. The van der Waals surface area contributed by atoms with Crippen LogP contribution in [0.4, 0.5) is 0 Å². The zero-order valence-electron chi connectivity index (χ0n) is 15.0. The third kappa shape index (κ3) is 3.81. The third-order valence-corrected chi connectivity index (χ3v) is 5.88. The highest BCUT2D eigenvalue weighted by molar-refractivity contribution is 5.77. The molecule has 2 heterocycles. The maximum atomic E-state index is 12.1. The van der Waals surface area contributed by atoms with E-state index in [4.69, 9.17) is 4.74 Å². The quantitative estimate of drug-likeness (QED) is 0.851. The number of methoxy groups -OCH3 is 1. The van der Waals surface area contributed by atoms with Crippen molar-refractivity contribution in [1.29, 1.82) is 0 Å². The molecule has 0 radical (unpaired) electrons. The number of amides is 1. The molecule has 3 rings (SSSR count). The number of carbonyl (C=O) groups excluding carboxylic acids is 1. The minimum atomic E-state index is 0.134. The predicted octanol–water partition coefficient (Wildman–Crippen LogP) is 2.75. The van der Waals surface area contributed by atoms with E-state index in [-0.39, 0.29) is 12.5 Å². The van der Waals surface area contributed by atoms with Crippen molar-refractivity contribution in [2.45, 2.75) is 32.1 Å². The molecule has 4 nitrogen and oxygen atoms in total. The second-order valence-corrected chi connectivity index (χ2v) is 7.45. The number of likely N-dealkylation sites (N-methyl/N-ethyl adjacent to an activating group) is 1. The van der Waals surface area contributed by atoms with Crippen LogP contribution >= 0.6 is 0 Å². The van der Waals surface area contributed by atoms with E-state index in [1.165, 1.54) is 18.5 Å². The van der Waals surface area contributed by atoms with E-state index in [0.29, 0.717) is 11.3 Å². The number of likely N-dealkylation sites (tertiary alicyclic amines) is 2. The second kappa shape index (κ2) is 7.66.